The highest BCUT2D eigenvalue weighted by Gasteiger charge is 2.38. The molecule has 2 aliphatic rings. The molecule has 10 nitrogen and oxygen atoms in total. The number of hydrogen-bond donors (Lipinski definition) is 2. The number of fused-ring (bicyclic) bond motifs is 1. The van der Waals surface area contributed by atoms with Crippen molar-refractivity contribution in [2.45, 2.75) is 25.7 Å². The fourth-order valence-electron chi connectivity index (χ4n) is 3.89. The molecule has 2 atom stereocenters. The molecule has 144 valence electrons. The predicted octanol–water partition coefficient (Wildman–Crippen LogP) is -0.275. The van der Waals surface area contributed by atoms with E-state index in [0.29, 0.717) is 26.2 Å². The normalized spacial score (nSPS) is 21.6. The molecule has 10 heteroatoms. The third kappa shape index (κ3) is 3.16. The molecule has 1 saturated heterocycles. The number of aromatic nitrogens is 6. The van der Waals surface area contributed by atoms with Crippen LogP contribution in [0.15, 0.2) is 42.7 Å². The number of amides is 1. The van der Waals surface area contributed by atoms with Crippen molar-refractivity contribution in [1.29, 1.82) is 0 Å². The number of carbonyl (C=O) groups is 1. The van der Waals surface area contributed by atoms with E-state index in [0.717, 1.165) is 17.8 Å². The first-order chi connectivity index (χ1) is 13.8. The zero-order valence-corrected chi connectivity index (χ0v) is 15.3. The minimum atomic E-state index is -0.289. The largest absolute Gasteiger partial charge is 0.335 e. The minimum Gasteiger partial charge on any atom is -0.335 e. The molecule has 0 saturated carbocycles. The summed E-state index contributed by atoms with van der Waals surface area (Å²) in [5.74, 6) is -0.170. The third-order valence-corrected chi connectivity index (χ3v) is 5.31. The Bertz CT molecular complexity index is 953. The first kappa shape index (κ1) is 17.0. The van der Waals surface area contributed by atoms with E-state index in [1.165, 1.54) is 11.9 Å². The van der Waals surface area contributed by atoms with Gasteiger partial charge in [-0.05, 0) is 22.1 Å². The standard InChI is InChI=1S/C18H21N9O/c28-18(16-10-19-21-17(16)27-12-20-23-24-27)25-6-7-26-15(11-25)9-14(22-26)8-13-4-2-1-3-5-13/h1-5,9,12,16-17,19,21H,6-8,10-11H2. The van der Waals surface area contributed by atoms with Gasteiger partial charge in [0.15, 0.2) is 0 Å². The van der Waals surface area contributed by atoms with Crippen LogP contribution in [-0.2, 0) is 24.3 Å². The molecule has 2 unspecified atom stereocenters. The molecule has 4 heterocycles. The van der Waals surface area contributed by atoms with E-state index in [4.69, 9.17) is 5.10 Å². The first-order valence-corrected chi connectivity index (χ1v) is 9.37. The van der Waals surface area contributed by atoms with Crippen LogP contribution >= 0.6 is 0 Å². The van der Waals surface area contributed by atoms with E-state index in [-0.39, 0.29) is 18.0 Å². The summed E-state index contributed by atoms with van der Waals surface area (Å²) in [6.07, 6.45) is 2.03. The third-order valence-electron chi connectivity index (χ3n) is 5.31. The second-order valence-electron chi connectivity index (χ2n) is 7.14. The molecule has 28 heavy (non-hydrogen) atoms. The van der Waals surface area contributed by atoms with Crippen LogP contribution in [0.2, 0.25) is 0 Å². The van der Waals surface area contributed by atoms with Gasteiger partial charge in [-0.15, -0.1) is 5.10 Å². The summed E-state index contributed by atoms with van der Waals surface area (Å²) in [4.78, 5) is 15.1. The summed E-state index contributed by atoms with van der Waals surface area (Å²) >= 11 is 0. The van der Waals surface area contributed by atoms with E-state index in [2.05, 4.69) is 44.6 Å². The minimum absolute atomic E-state index is 0.0926. The Morgan fingerprint density at radius 2 is 2.11 bits per heavy atom. The highest BCUT2D eigenvalue weighted by atomic mass is 16.2. The van der Waals surface area contributed by atoms with Crippen LogP contribution in [0.5, 0.6) is 0 Å². The fraction of sp³-hybridized carbons (Fsp3) is 0.389. The Hall–Kier alpha value is -3.11. The number of nitrogens with one attached hydrogen (secondary N) is 2. The molecular formula is C18H21N9O. The maximum absolute atomic E-state index is 13.1. The van der Waals surface area contributed by atoms with E-state index in [9.17, 15) is 4.79 Å². The Balaban J connectivity index is 1.29. The van der Waals surface area contributed by atoms with Crippen molar-refractivity contribution in [1.82, 2.24) is 45.7 Å². The topological polar surface area (TPSA) is 106 Å². The van der Waals surface area contributed by atoms with Crippen LogP contribution < -0.4 is 10.9 Å². The van der Waals surface area contributed by atoms with Crippen LogP contribution in [-0.4, -0.2) is 53.9 Å². The molecule has 1 fully saturated rings. The van der Waals surface area contributed by atoms with Crippen molar-refractivity contribution in [2.75, 3.05) is 13.1 Å². The van der Waals surface area contributed by atoms with Crippen molar-refractivity contribution in [3.8, 4) is 0 Å². The van der Waals surface area contributed by atoms with Gasteiger partial charge in [0, 0.05) is 19.5 Å². The van der Waals surface area contributed by atoms with Crippen molar-refractivity contribution < 1.29 is 4.79 Å². The molecule has 0 bridgehead atoms. The fourth-order valence-corrected chi connectivity index (χ4v) is 3.89. The highest BCUT2D eigenvalue weighted by molar-refractivity contribution is 5.80. The summed E-state index contributed by atoms with van der Waals surface area (Å²) < 4.78 is 3.60. The van der Waals surface area contributed by atoms with Crippen molar-refractivity contribution >= 4 is 5.91 Å². The van der Waals surface area contributed by atoms with Crippen LogP contribution in [0.1, 0.15) is 23.1 Å². The number of nitrogens with zero attached hydrogens (tertiary/aromatic N) is 7. The van der Waals surface area contributed by atoms with Gasteiger partial charge in [-0.1, -0.05) is 30.3 Å². The molecule has 0 spiro atoms. The molecular weight excluding hydrogens is 358 g/mol. The molecule has 1 amide bonds. The van der Waals surface area contributed by atoms with Gasteiger partial charge in [-0.25, -0.2) is 10.1 Å². The Morgan fingerprint density at radius 1 is 1.21 bits per heavy atom. The molecule has 0 radical (unpaired) electrons. The maximum Gasteiger partial charge on any atom is 0.231 e. The van der Waals surface area contributed by atoms with E-state index in [1.807, 2.05) is 27.8 Å². The van der Waals surface area contributed by atoms with E-state index < -0.39 is 0 Å². The number of hydrogen-bond acceptors (Lipinski definition) is 7. The molecule has 2 aliphatic heterocycles. The van der Waals surface area contributed by atoms with Gasteiger partial charge in [0.25, 0.3) is 0 Å². The summed E-state index contributed by atoms with van der Waals surface area (Å²) in [6, 6.07) is 12.4. The quantitative estimate of drug-likeness (QED) is 0.642. The predicted molar refractivity (Wildman–Crippen MR) is 98.4 cm³/mol. The Kier molecular flexibility index (Phi) is 4.34. The van der Waals surface area contributed by atoms with Crippen molar-refractivity contribution in [2.24, 2.45) is 5.92 Å². The average Bonchev–Trinajstić information content (AvgIpc) is 3.46. The second-order valence-corrected chi connectivity index (χ2v) is 7.14. The summed E-state index contributed by atoms with van der Waals surface area (Å²) in [6.45, 7) is 2.47. The van der Waals surface area contributed by atoms with Crippen molar-refractivity contribution in [3.63, 3.8) is 0 Å². The monoisotopic (exact) mass is 379 g/mol. The second kappa shape index (κ2) is 7.13. The van der Waals surface area contributed by atoms with Gasteiger partial charge < -0.3 is 4.90 Å². The molecule has 2 N–H and O–H groups in total. The van der Waals surface area contributed by atoms with Crippen LogP contribution in [0.4, 0.5) is 0 Å². The average molecular weight is 379 g/mol. The lowest BCUT2D eigenvalue weighted by Gasteiger charge is -2.30. The number of tetrazole rings is 1. The van der Waals surface area contributed by atoms with Gasteiger partial charge in [0.05, 0.1) is 30.4 Å². The number of benzene rings is 1. The van der Waals surface area contributed by atoms with Gasteiger partial charge in [0.1, 0.15) is 12.5 Å². The SMILES string of the molecule is O=C(C1CNNC1n1cnnn1)N1CCn2nc(Cc3ccccc3)cc2C1. The van der Waals surface area contributed by atoms with E-state index in [1.54, 1.807) is 4.68 Å². The number of hydrazine groups is 1. The van der Waals surface area contributed by atoms with Crippen molar-refractivity contribution in [3.05, 3.63) is 59.7 Å². The maximum atomic E-state index is 13.1. The Morgan fingerprint density at radius 3 is 2.93 bits per heavy atom. The number of rotatable bonds is 4. The first-order valence-electron chi connectivity index (χ1n) is 9.37. The summed E-state index contributed by atoms with van der Waals surface area (Å²) in [7, 11) is 0. The van der Waals surface area contributed by atoms with Gasteiger partial charge >= 0.3 is 0 Å². The van der Waals surface area contributed by atoms with Gasteiger partial charge in [-0.3, -0.25) is 14.9 Å². The van der Waals surface area contributed by atoms with Crippen LogP contribution in [0, 0.1) is 5.92 Å². The number of carbonyl (C=O) groups excluding carboxylic acids is 1. The lowest BCUT2D eigenvalue weighted by molar-refractivity contribution is -0.137. The molecule has 2 aromatic heterocycles. The lowest BCUT2D eigenvalue weighted by Crippen LogP contribution is -2.44. The zero-order valence-electron chi connectivity index (χ0n) is 15.3. The van der Waals surface area contributed by atoms with Gasteiger partial charge in [-0.2, -0.15) is 5.10 Å². The lowest BCUT2D eigenvalue weighted by atomic mass is 10.1. The van der Waals surface area contributed by atoms with Crippen LogP contribution in [0.3, 0.4) is 0 Å². The smallest absolute Gasteiger partial charge is 0.231 e. The highest BCUT2D eigenvalue weighted by Crippen LogP contribution is 2.23. The Labute approximate surface area is 161 Å². The molecule has 3 aromatic rings. The van der Waals surface area contributed by atoms with E-state index >= 15 is 0 Å². The molecule has 5 rings (SSSR count). The zero-order chi connectivity index (χ0) is 18.9. The molecule has 0 aliphatic carbocycles. The summed E-state index contributed by atoms with van der Waals surface area (Å²) in [5, 5.41) is 16.0. The van der Waals surface area contributed by atoms with Gasteiger partial charge in [0.2, 0.25) is 5.91 Å². The summed E-state index contributed by atoms with van der Waals surface area (Å²) in [5.41, 5.74) is 9.48. The van der Waals surface area contributed by atoms with Crippen LogP contribution in [0.25, 0.3) is 0 Å². The molecule has 1 aromatic carbocycles.